The van der Waals surface area contributed by atoms with Crippen molar-refractivity contribution in [3.8, 4) is 0 Å². The fourth-order valence-electron chi connectivity index (χ4n) is 2.33. The summed E-state index contributed by atoms with van der Waals surface area (Å²) in [7, 11) is 0. The third-order valence-corrected chi connectivity index (χ3v) is 3.64. The van der Waals surface area contributed by atoms with Crippen LogP contribution in [0.2, 0.25) is 0 Å². The lowest BCUT2D eigenvalue weighted by Crippen LogP contribution is -2.26. The van der Waals surface area contributed by atoms with Crippen LogP contribution in [-0.2, 0) is 6.54 Å². The number of nitrogens with one attached hydrogen (secondary N) is 2. The van der Waals surface area contributed by atoms with E-state index in [9.17, 15) is 4.79 Å². The number of rotatable bonds is 4. The number of fused-ring (bicyclic) bond motifs is 1. The predicted octanol–water partition coefficient (Wildman–Crippen LogP) is 2.88. The molecular formula is C16H18N4O. The Labute approximate surface area is 123 Å². The van der Waals surface area contributed by atoms with Gasteiger partial charge in [-0.15, -0.1) is 0 Å². The van der Waals surface area contributed by atoms with E-state index in [1.165, 1.54) is 0 Å². The zero-order valence-corrected chi connectivity index (χ0v) is 12.1. The molecule has 1 atom stereocenters. The zero-order chi connectivity index (χ0) is 14.8. The quantitative estimate of drug-likeness (QED) is 0.773. The Morgan fingerprint density at radius 2 is 2.29 bits per heavy atom. The molecule has 0 aliphatic carbocycles. The van der Waals surface area contributed by atoms with Gasteiger partial charge < -0.3 is 10.3 Å². The van der Waals surface area contributed by atoms with Gasteiger partial charge in [0.2, 0.25) is 0 Å². The maximum Gasteiger partial charge on any atom is 0.251 e. The Kier molecular flexibility index (Phi) is 3.48. The molecule has 0 bridgehead atoms. The lowest BCUT2D eigenvalue weighted by Gasteiger charge is -2.12. The first-order chi connectivity index (χ1) is 10.2. The molecule has 0 aliphatic rings. The minimum atomic E-state index is -0.0803. The van der Waals surface area contributed by atoms with E-state index in [4.69, 9.17) is 0 Å². The number of hydrogen-bond acceptors (Lipinski definition) is 2. The van der Waals surface area contributed by atoms with Gasteiger partial charge in [0.25, 0.3) is 5.91 Å². The van der Waals surface area contributed by atoms with Crippen molar-refractivity contribution in [1.82, 2.24) is 20.1 Å². The second-order valence-corrected chi connectivity index (χ2v) is 5.10. The number of amides is 1. The van der Waals surface area contributed by atoms with Gasteiger partial charge in [-0.25, -0.2) is 0 Å². The van der Waals surface area contributed by atoms with Crippen LogP contribution in [0.4, 0.5) is 0 Å². The highest BCUT2D eigenvalue weighted by Crippen LogP contribution is 2.16. The largest absolute Gasteiger partial charge is 0.361 e. The van der Waals surface area contributed by atoms with Gasteiger partial charge in [-0.1, -0.05) is 6.07 Å². The molecule has 5 heteroatoms. The van der Waals surface area contributed by atoms with Gasteiger partial charge in [0, 0.05) is 35.6 Å². The smallest absolute Gasteiger partial charge is 0.251 e. The predicted molar refractivity (Wildman–Crippen MR) is 82.1 cm³/mol. The minimum Gasteiger partial charge on any atom is -0.361 e. The second kappa shape index (κ2) is 5.44. The topological polar surface area (TPSA) is 62.7 Å². The van der Waals surface area contributed by atoms with Crippen LogP contribution in [0.25, 0.3) is 10.9 Å². The van der Waals surface area contributed by atoms with Gasteiger partial charge in [0.1, 0.15) is 0 Å². The summed E-state index contributed by atoms with van der Waals surface area (Å²) in [4.78, 5) is 15.4. The number of nitrogens with zero attached hydrogens (tertiary/aromatic N) is 2. The van der Waals surface area contributed by atoms with Crippen LogP contribution < -0.4 is 5.32 Å². The van der Waals surface area contributed by atoms with Crippen LogP contribution in [0.15, 0.2) is 42.9 Å². The van der Waals surface area contributed by atoms with E-state index in [0.717, 1.165) is 23.0 Å². The van der Waals surface area contributed by atoms with E-state index in [1.807, 2.05) is 55.2 Å². The Morgan fingerprint density at radius 1 is 1.43 bits per heavy atom. The highest BCUT2D eigenvalue weighted by molar-refractivity contribution is 5.98. The van der Waals surface area contributed by atoms with Crippen molar-refractivity contribution in [2.45, 2.75) is 26.4 Å². The van der Waals surface area contributed by atoms with Crippen molar-refractivity contribution in [2.24, 2.45) is 0 Å². The molecule has 21 heavy (non-hydrogen) atoms. The van der Waals surface area contributed by atoms with Crippen molar-refractivity contribution in [3.05, 3.63) is 54.0 Å². The first-order valence-corrected chi connectivity index (χ1v) is 7.07. The van der Waals surface area contributed by atoms with Gasteiger partial charge >= 0.3 is 0 Å². The van der Waals surface area contributed by atoms with Crippen LogP contribution in [-0.4, -0.2) is 20.7 Å². The number of carbonyl (C=O) groups excluding carboxylic acids is 1. The van der Waals surface area contributed by atoms with E-state index in [2.05, 4.69) is 15.4 Å². The molecule has 2 N–H and O–H groups in total. The molecule has 1 aromatic carbocycles. The van der Waals surface area contributed by atoms with Crippen molar-refractivity contribution in [1.29, 1.82) is 0 Å². The third-order valence-electron chi connectivity index (χ3n) is 3.64. The Hall–Kier alpha value is -2.56. The number of aryl methyl sites for hydroxylation is 1. The Balaban J connectivity index is 1.75. The lowest BCUT2D eigenvalue weighted by atomic mass is 10.1. The maximum atomic E-state index is 12.3. The van der Waals surface area contributed by atoms with Gasteiger partial charge in [-0.3, -0.25) is 9.48 Å². The van der Waals surface area contributed by atoms with Gasteiger partial charge in [-0.05, 0) is 37.4 Å². The average molecular weight is 282 g/mol. The van der Waals surface area contributed by atoms with E-state index < -0.39 is 0 Å². The molecule has 2 aromatic heterocycles. The van der Waals surface area contributed by atoms with Crippen molar-refractivity contribution in [2.75, 3.05) is 0 Å². The van der Waals surface area contributed by atoms with Crippen LogP contribution in [0, 0.1) is 0 Å². The second-order valence-electron chi connectivity index (χ2n) is 5.10. The van der Waals surface area contributed by atoms with Crippen LogP contribution >= 0.6 is 0 Å². The molecular weight excluding hydrogens is 264 g/mol. The standard InChI is InChI=1S/C16H18N4O/c1-3-20-10-14(9-18-20)11(2)19-16(21)13-5-4-12-6-7-17-15(12)8-13/h4-11,17H,3H2,1-2H3,(H,19,21). The normalized spacial score (nSPS) is 12.5. The number of H-pyrrole nitrogens is 1. The number of hydrogen-bond donors (Lipinski definition) is 2. The number of aromatic amines is 1. The summed E-state index contributed by atoms with van der Waals surface area (Å²) in [5, 5.41) is 8.33. The summed E-state index contributed by atoms with van der Waals surface area (Å²) in [5.41, 5.74) is 2.62. The highest BCUT2D eigenvalue weighted by Gasteiger charge is 2.13. The average Bonchev–Trinajstić information content (AvgIpc) is 3.15. The zero-order valence-electron chi connectivity index (χ0n) is 12.1. The van der Waals surface area contributed by atoms with E-state index in [1.54, 1.807) is 6.20 Å². The van der Waals surface area contributed by atoms with Crippen molar-refractivity contribution in [3.63, 3.8) is 0 Å². The number of benzene rings is 1. The summed E-state index contributed by atoms with van der Waals surface area (Å²) in [6.45, 7) is 4.82. The molecule has 1 unspecified atom stereocenters. The maximum absolute atomic E-state index is 12.3. The van der Waals surface area contributed by atoms with Gasteiger partial charge in [0.05, 0.1) is 12.2 Å². The van der Waals surface area contributed by atoms with Crippen LogP contribution in [0.3, 0.4) is 0 Å². The van der Waals surface area contributed by atoms with Gasteiger partial charge in [0.15, 0.2) is 0 Å². The van der Waals surface area contributed by atoms with Crippen molar-refractivity contribution >= 4 is 16.8 Å². The molecule has 3 rings (SSSR count). The fourth-order valence-corrected chi connectivity index (χ4v) is 2.33. The molecule has 1 amide bonds. The van der Waals surface area contributed by atoms with Crippen molar-refractivity contribution < 1.29 is 4.79 Å². The molecule has 0 radical (unpaired) electrons. The molecule has 5 nitrogen and oxygen atoms in total. The first kappa shape index (κ1) is 13.4. The minimum absolute atomic E-state index is 0.0721. The monoisotopic (exact) mass is 282 g/mol. The number of carbonyl (C=O) groups is 1. The highest BCUT2D eigenvalue weighted by atomic mass is 16.1. The molecule has 0 fully saturated rings. The molecule has 0 aliphatic heterocycles. The van der Waals surface area contributed by atoms with Crippen LogP contribution in [0.1, 0.15) is 35.8 Å². The SMILES string of the molecule is CCn1cc(C(C)NC(=O)c2ccc3cc[nH]c3c2)cn1. The summed E-state index contributed by atoms with van der Waals surface area (Å²) in [5.74, 6) is -0.0803. The molecule has 108 valence electrons. The Morgan fingerprint density at radius 3 is 3.05 bits per heavy atom. The first-order valence-electron chi connectivity index (χ1n) is 7.07. The fraction of sp³-hybridized carbons (Fsp3) is 0.250. The summed E-state index contributed by atoms with van der Waals surface area (Å²) in [6, 6.07) is 7.57. The van der Waals surface area contributed by atoms with E-state index >= 15 is 0 Å². The summed E-state index contributed by atoms with van der Waals surface area (Å²) >= 11 is 0. The third kappa shape index (κ3) is 2.67. The van der Waals surface area contributed by atoms with Gasteiger partial charge in [-0.2, -0.15) is 5.10 Å². The molecule has 0 saturated carbocycles. The van der Waals surface area contributed by atoms with Crippen LogP contribution in [0.5, 0.6) is 0 Å². The lowest BCUT2D eigenvalue weighted by molar-refractivity contribution is 0.0940. The van der Waals surface area contributed by atoms with E-state index in [-0.39, 0.29) is 11.9 Å². The summed E-state index contributed by atoms with van der Waals surface area (Å²) in [6.07, 6.45) is 5.62. The Bertz CT molecular complexity index is 771. The molecule has 0 saturated heterocycles. The number of aromatic nitrogens is 3. The molecule has 0 spiro atoms. The molecule has 3 aromatic rings. The molecule has 2 heterocycles. The summed E-state index contributed by atoms with van der Waals surface area (Å²) < 4.78 is 1.85. The van der Waals surface area contributed by atoms with E-state index in [0.29, 0.717) is 5.56 Å².